The minimum absolute atomic E-state index is 0.0496. The van der Waals surface area contributed by atoms with Crippen LogP contribution in [0.3, 0.4) is 0 Å². The van der Waals surface area contributed by atoms with Gasteiger partial charge in [-0.2, -0.15) is 0 Å². The van der Waals surface area contributed by atoms with Crippen molar-refractivity contribution in [1.82, 2.24) is 4.72 Å². The molecule has 0 bridgehead atoms. The molecule has 2 aromatic carbocycles. The van der Waals surface area contributed by atoms with Crippen LogP contribution in [0.2, 0.25) is 0 Å². The van der Waals surface area contributed by atoms with Crippen LogP contribution in [-0.2, 0) is 16.6 Å². The van der Waals surface area contributed by atoms with E-state index in [0.717, 1.165) is 24.3 Å². The Bertz CT molecular complexity index is 718. The van der Waals surface area contributed by atoms with Gasteiger partial charge in [0.2, 0.25) is 10.0 Å². The van der Waals surface area contributed by atoms with Crippen molar-refractivity contribution in [3.63, 3.8) is 0 Å². The molecule has 0 atom stereocenters. The maximum Gasteiger partial charge on any atom is 0.240 e. The lowest BCUT2D eigenvalue weighted by molar-refractivity contribution is 0.579. The summed E-state index contributed by atoms with van der Waals surface area (Å²) in [6.07, 6.45) is 0. The molecule has 0 unspecified atom stereocenters. The Labute approximate surface area is 123 Å². The molecule has 0 aliphatic rings. The van der Waals surface area contributed by atoms with Crippen molar-refractivity contribution in [3.05, 3.63) is 64.1 Å². The van der Waals surface area contributed by atoms with E-state index < -0.39 is 21.7 Å². The van der Waals surface area contributed by atoms with E-state index in [1.807, 2.05) is 0 Å². The number of halogens is 3. The smallest absolute Gasteiger partial charge is 0.207 e. The predicted molar refractivity (Wildman–Crippen MR) is 74.5 cm³/mol. The molecule has 2 aromatic rings. The van der Waals surface area contributed by atoms with Crippen LogP contribution < -0.4 is 4.72 Å². The van der Waals surface area contributed by atoms with Crippen LogP contribution in [0.4, 0.5) is 8.78 Å². The standard InChI is InChI=1S/C13H10BrF2NO2S/c14-13-6-3-11(16)7-9(13)8-17-20(18,19)12-4-1-10(15)2-5-12/h1-7,17H,8H2. The molecule has 0 saturated heterocycles. The Kier molecular flexibility index (Phi) is 4.52. The predicted octanol–water partition coefficient (Wildman–Crippen LogP) is 3.21. The molecule has 3 nitrogen and oxygen atoms in total. The van der Waals surface area contributed by atoms with Crippen molar-refractivity contribution in [2.24, 2.45) is 0 Å². The van der Waals surface area contributed by atoms with Crippen LogP contribution in [0.1, 0.15) is 5.56 Å². The van der Waals surface area contributed by atoms with Gasteiger partial charge >= 0.3 is 0 Å². The first kappa shape index (κ1) is 15.1. The zero-order valence-corrected chi connectivity index (χ0v) is 12.5. The topological polar surface area (TPSA) is 46.2 Å². The lowest BCUT2D eigenvalue weighted by Gasteiger charge is -2.08. The highest BCUT2D eigenvalue weighted by Crippen LogP contribution is 2.18. The molecule has 0 fully saturated rings. The molecule has 2 rings (SSSR count). The summed E-state index contributed by atoms with van der Waals surface area (Å²) in [5.41, 5.74) is 0.468. The molecule has 0 spiro atoms. The molecule has 1 N–H and O–H groups in total. The number of sulfonamides is 1. The average Bonchev–Trinajstić information content (AvgIpc) is 2.40. The van der Waals surface area contributed by atoms with E-state index in [1.165, 1.54) is 18.2 Å². The van der Waals surface area contributed by atoms with Crippen molar-refractivity contribution in [1.29, 1.82) is 0 Å². The second-order valence-electron chi connectivity index (χ2n) is 4.01. The molecule has 20 heavy (non-hydrogen) atoms. The van der Waals surface area contributed by atoms with E-state index in [1.54, 1.807) is 0 Å². The minimum Gasteiger partial charge on any atom is -0.207 e. The summed E-state index contributed by atoms with van der Waals surface area (Å²) in [6.45, 7) is -0.0714. The maximum absolute atomic E-state index is 13.1. The van der Waals surface area contributed by atoms with Crippen molar-refractivity contribution in [2.75, 3.05) is 0 Å². The number of hydrogen-bond donors (Lipinski definition) is 1. The molecule has 0 radical (unpaired) electrons. The molecule has 7 heteroatoms. The first-order chi connectivity index (χ1) is 9.38. The van der Waals surface area contributed by atoms with E-state index in [-0.39, 0.29) is 11.4 Å². The third-order valence-electron chi connectivity index (χ3n) is 2.58. The molecule has 106 valence electrons. The summed E-state index contributed by atoms with van der Waals surface area (Å²) >= 11 is 3.21. The monoisotopic (exact) mass is 361 g/mol. The van der Waals surface area contributed by atoms with Crippen LogP contribution in [0.15, 0.2) is 51.8 Å². The molecule has 0 aliphatic heterocycles. The number of hydrogen-bond acceptors (Lipinski definition) is 2. The van der Waals surface area contributed by atoms with Gasteiger partial charge in [0.25, 0.3) is 0 Å². The van der Waals surface area contributed by atoms with Gasteiger partial charge in [-0.25, -0.2) is 21.9 Å². The SMILES string of the molecule is O=S(=O)(NCc1cc(F)ccc1Br)c1ccc(F)cc1. The summed E-state index contributed by atoms with van der Waals surface area (Å²) in [5, 5.41) is 0. The van der Waals surface area contributed by atoms with Crippen LogP contribution >= 0.6 is 15.9 Å². The van der Waals surface area contributed by atoms with Crippen LogP contribution in [0.5, 0.6) is 0 Å². The summed E-state index contributed by atoms with van der Waals surface area (Å²) < 4.78 is 52.7. The highest BCUT2D eigenvalue weighted by molar-refractivity contribution is 9.10. The van der Waals surface area contributed by atoms with E-state index in [2.05, 4.69) is 20.7 Å². The highest BCUT2D eigenvalue weighted by atomic mass is 79.9. The van der Waals surface area contributed by atoms with Gasteiger partial charge in [-0.1, -0.05) is 15.9 Å². The zero-order valence-electron chi connectivity index (χ0n) is 10.1. The molecule has 0 amide bonds. The van der Waals surface area contributed by atoms with Gasteiger partial charge in [0.05, 0.1) is 4.90 Å². The molecule has 0 aliphatic carbocycles. The van der Waals surface area contributed by atoms with Gasteiger partial charge in [-0.05, 0) is 48.0 Å². The summed E-state index contributed by atoms with van der Waals surface area (Å²) in [7, 11) is -3.76. The lowest BCUT2D eigenvalue weighted by Crippen LogP contribution is -2.23. The van der Waals surface area contributed by atoms with Crippen molar-refractivity contribution in [3.8, 4) is 0 Å². The van der Waals surface area contributed by atoms with Crippen molar-refractivity contribution < 1.29 is 17.2 Å². The Hall–Kier alpha value is -1.31. The highest BCUT2D eigenvalue weighted by Gasteiger charge is 2.14. The largest absolute Gasteiger partial charge is 0.240 e. The van der Waals surface area contributed by atoms with Gasteiger partial charge in [0, 0.05) is 11.0 Å². The first-order valence-electron chi connectivity index (χ1n) is 5.58. The van der Waals surface area contributed by atoms with E-state index in [9.17, 15) is 17.2 Å². The van der Waals surface area contributed by atoms with Gasteiger partial charge in [-0.15, -0.1) is 0 Å². The average molecular weight is 362 g/mol. The van der Waals surface area contributed by atoms with Crippen molar-refractivity contribution in [2.45, 2.75) is 11.4 Å². The molecular formula is C13H10BrF2NO2S. The fraction of sp³-hybridized carbons (Fsp3) is 0.0769. The van der Waals surface area contributed by atoms with Crippen molar-refractivity contribution >= 4 is 26.0 Å². The molecular weight excluding hydrogens is 352 g/mol. The number of benzene rings is 2. The van der Waals surface area contributed by atoms with E-state index in [0.29, 0.717) is 10.0 Å². The normalized spacial score (nSPS) is 11.6. The van der Waals surface area contributed by atoms with Crippen LogP contribution in [-0.4, -0.2) is 8.42 Å². The second-order valence-corrected chi connectivity index (χ2v) is 6.64. The van der Waals surface area contributed by atoms with Crippen LogP contribution in [0.25, 0.3) is 0 Å². The van der Waals surface area contributed by atoms with Gasteiger partial charge < -0.3 is 0 Å². The quantitative estimate of drug-likeness (QED) is 0.908. The summed E-state index contributed by atoms with van der Waals surface area (Å²) in [4.78, 5) is -0.0496. The fourth-order valence-corrected chi connectivity index (χ4v) is 2.94. The Morgan fingerprint density at radius 3 is 2.25 bits per heavy atom. The zero-order chi connectivity index (χ0) is 14.8. The number of nitrogens with one attached hydrogen (secondary N) is 1. The maximum atomic E-state index is 13.1. The van der Waals surface area contributed by atoms with E-state index >= 15 is 0 Å². The lowest BCUT2D eigenvalue weighted by atomic mass is 10.2. The minimum atomic E-state index is -3.76. The van der Waals surface area contributed by atoms with Crippen LogP contribution in [0, 0.1) is 11.6 Å². The Balaban J connectivity index is 2.17. The third-order valence-corrected chi connectivity index (χ3v) is 4.78. The van der Waals surface area contributed by atoms with Gasteiger partial charge in [0.1, 0.15) is 11.6 Å². The first-order valence-corrected chi connectivity index (χ1v) is 7.85. The summed E-state index contributed by atoms with van der Waals surface area (Å²) in [5.74, 6) is -0.971. The van der Waals surface area contributed by atoms with Gasteiger partial charge in [0.15, 0.2) is 0 Å². The fourth-order valence-electron chi connectivity index (χ4n) is 1.55. The third kappa shape index (κ3) is 3.62. The van der Waals surface area contributed by atoms with E-state index in [4.69, 9.17) is 0 Å². The summed E-state index contributed by atoms with van der Waals surface area (Å²) in [6, 6.07) is 8.45. The molecule has 0 aromatic heterocycles. The van der Waals surface area contributed by atoms with Gasteiger partial charge in [-0.3, -0.25) is 0 Å². The molecule has 0 heterocycles. The second kappa shape index (κ2) is 5.99. The number of rotatable bonds is 4. The molecule has 0 saturated carbocycles. The Morgan fingerprint density at radius 2 is 1.60 bits per heavy atom. The Morgan fingerprint density at radius 1 is 1.00 bits per heavy atom.